The number of nitrogens with one attached hydrogen (secondary N) is 1. The normalized spacial score (nSPS) is 11.0. The monoisotopic (exact) mass is 400 g/mol. The molecule has 2 rings (SSSR count). The average molecular weight is 401 g/mol. The third kappa shape index (κ3) is 7.18. The van der Waals surface area contributed by atoms with E-state index in [1.807, 2.05) is 0 Å². The van der Waals surface area contributed by atoms with Gasteiger partial charge < -0.3 is 15.0 Å². The van der Waals surface area contributed by atoms with E-state index in [0.717, 1.165) is 17.7 Å². The molecule has 0 aliphatic carbocycles. The third-order valence-electron chi connectivity index (χ3n) is 3.45. The number of alkyl halides is 3. The van der Waals surface area contributed by atoms with Gasteiger partial charge in [-0.2, -0.15) is 0 Å². The topological polar surface area (TPSA) is 58.6 Å². The first kappa shape index (κ1) is 20.6. The van der Waals surface area contributed by atoms with Crippen molar-refractivity contribution in [2.75, 3.05) is 18.9 Å². The summed E-state index contributed by atoms with van der Waals surface area (Å²) in [5.41, 5.74) is 1.05. The van der Waals surface area contributed by atoms with E-state index in [2.05, 4.69) is 10.1 Å². The summed E-state index contributed by atoms with van der Waals surface area (Å²) in [5, 5.41) is 3.06. The molecule has 0 heterocycles. The Labute approximate surface area is 158 Å². The van der Waals surface area contributed by atoms with Crippen LogP contribution in [0.3, 0.4) is 0 Å². The standard InChI is InChI=1S/C18H16ClF3N2O3/c1-24(17(26)10-12-2-4-13(19)5-3-12)11-16(25)23-14-6-8-15(9-7-14)27-18(20,21)22/h2-9H,10-11H2,1H3,(H,23,25). The van der Waals surface area contributed by atoms with Gasteiger partial charge in [-0.1, -0.05) is 23.7 Å². The van der Waals surface area contributed by atoms with Crippen LogP contribution in [0, 0.1) is 0 Å². The van der Waals surface area contributed by atoms with Gasteiger partial charge in [-0.3, -0.25) is 9.59 Å². The predicted molar refractivity (Wildman–Crippen MR) is 94.5 cm³/mol. The van der Waals surface area contributed by atoms with E-state index in [4.69, 9.17) is 11.6 Å². The Morgan fingerprint density at radius 2 is 1.67 bits per heavy atom. The number of rotatable bonds is 6. The fourth-order valence-electron chi connectivity index (χ4n) is 2.16. The highest BCUT2D eigenvalue weighted by Crippen LogP contribution is 2.23. The number of likely N-dealkylation sites (N-methyl/N-ethyl adjacent to an activating group) is 1. The van der Waals surface area contributed by atoms with Gasteiger partial charge >= 0.3 is 6.36 Å². The molecule has 0 aliphatic rings. The minimum atomic E-state index is -4.78. The molecule has 5 nitrogen and oxygen atoms in total. The highest BCUT2D eigenvalue weighted by atomic mass is 35.5. The van der Waals surface area contributed by atoms with Crippen LogP contribution in [0.4, 0.5) is 18.9 Å². The summed E-state index contributed by atoms with van der Waals surface area (Å²) in [5.74, 6) is -1.14. The summed E-state index contributed by atoms with van der Waals surface area (Å²) >= 11 is 5.79. The second-order valence-electron chi connectivity index (χ2n) is 5.67. The second-order valence-corrected chi connectivity index (χ2v) is 6.11. The first-order valence-corrected chi connectivity index (χ1v) is 8.14. The molecule has 0 atom stereocenters. The van der Waals surface area contributed by atoms with Crippen molar-refractivity contribution in [2.45, 2.75) is 12.8 Å². The molecule has 0 saturated heterocycles. The molecule has 2 aromatic rings. The lowest BCUT2D eigenvalue weighted by Gasteiger charge is -2.17. The Kier molecular flexibility index (Phi) is 6.68. The van der Waals surface area contributed by atoms with E-state index in [-0.39, 0.29) is 24.6 Å². The van der Waals surface area contributed by atoms with Crippen LogP contribution in [-0.2, 0) is 16.0 Å². The number of benzene rings is 2. The number of hydrogen-bond donors (Lipinski definition) is 1. The first-order valence-electron chi connectivity index (χ1n) is 7.76. The number of ether oxygens (including phenoxy) is 1. The van der Waals surface area contributed by atoms with Crippen LogP contribution >= 0.6 is 11.6 Å². The molecule has 0 aromatic heterocycles. The number of carbonyl (C=O) groups is 2. The van der Waals surface area contributed by atoms with Crippen LogP contribution < -0.4 is 10.1 Å². The fraction of sp³-hybridized carbons (Fsp3) is 0.222. The molecule has 0 bridgehead atoms. The summed E-state index contributed by atoms with van der Waals surface area (Å²) < 4.78 is 40.1. The number of amides is 2. The van der Waals surface area contributed by atoms with Gasteiger partial charge in [0.1, 0.15) is 5.75 Å². The number of carbonyl (C=O) groups excluding carboxylic acids is 2. The van der Waals surface area contributed by atoms with Gasteiger partial charge in [-0.25, -0.2) is 0 Å². The van der Waals surface area contributed by atoms with Crippen LogP contribution in [-0.4, -0.2) is 36.7 Å². The molecule has 0 spiro atoms. The number of halogens is 4. The molecular formula is C18H16ClF3N2O3. The van der Waals surface area contributed by atoms with Crippen molar-refractivity contribution in [1.82, 2.24) is 4.90 Å². The van der Waals surface area contributed by atoms with Crippen LogP contribution in [0.25, 0.3) is 0 Å². The van der Waals surface area contributed by atoms with Crippen LogP contribution in [0.2, 0.25) is 5.02 Å². The van der Waals surface area contributed by atoms with E-state index >= 15 is 0 Å². The van der Waals surface area contributed by atoms with E-state index in [0.29, 0.717) is 5.02 Å². The Balaban J connectivity index is 1.85. The minimum absolute atomic E-state index is 0.116. The number of hydrogen-bond acceptors (Lipinski definition) is 3. The SMILES string of the molecule is CN(CC(=O)Nc1ccc(OC(F)(F)F)cc1)C(=O)Cc1ccc(Cl)cc1. The molecule has 0 fully saturated rings. The highest BCUT2D eigenvalue weighted by Gasteiger charge is 2.30. The molecular weight excluding hydrogens is 385 g/mol. The van der Waals surface area contributed by atoms with Crippen LogP contribution in [0.1, 0.15) is 5.56 Å². The number of nitrogens with zero attached hydrogens (tertiary/aromatic N) is 1. The Hall–Kier alpha value is -2.74. The zero-order valence-electron chi connectivity index (χ0n) is 14.2. The van der Waals surface area contributed by atoms with Crippen molar-refractivity contribution in [3.63, 3.8) is 0 Å². The Morgan fingerprint density at radius 1 is 1.07 bits per heavy atom. The lowest BCUT2D eigenvalue weighted by molar-refractivity contribution is -0.274. The molecule has 144 valence electrons. The zero-order valence-corrected chi connectivity index (χ0v) is 15.0. The lowest BCUT2D eigenvalue weighted by atomic mass is 10.1. The molecule has 1 N–H and O–H groups in total. The lowest BCUT2D eigenvalue weighted by Crippen LogP contribution is -2.35. The van der Waals surface area contributed by atoms with E-state index in [1.165, 1.54) is 24.1 Å². The minimum Gasteiger partial charge on any atom is -0.406 e. The van der Waals surface area contributed by atoms with E-state index < -0.39 is 18.0 Å². The highest BCUT2D eigenvalue weighted by molar-refractivity contribution is 6.30. The van der Waals surface area contributed by atoms with Crippen molar-refractivity contribution in [3.05, 3.63) is 59.1 Å². The summed E-state index contributed by atoms with van der Waals surface area (Å²) in [6.07, 6.45) is -4.66. The summed E-state index contributed by atoms with van der Waals surface area (Å²) in [6.45, 7) is -0.201. The van der Waals surface area contributed by atoms with Gasteiger partial charge in [0.2, 0.25) is 11.8 Å². The molecule has 27 heavy (non-hydrogen) atoms. The van der Waals surface area contributed by atoms with Crippen molar-refractivity contribution in [2.24, 2.45) is 0 Å². The molecule has 2 aromatic carbocycles. The molecule has 0 radical (unpaired) electrons. The van der Waals surface area contributed by atoms with Gasteiger partial charge in [-0.15, -0.1) is 13.2 Å². The maximum atomic E-state index is 12.2. The summed E-state index contributed by atoms with van der Waals surface area (Å²) in [7, 11) is 1.48. The summed E-state index contributed by atoms with van der Waals surface area (Å²) in [6, 6.07) is 11.5. The Bertz CT molecular complexity index is 793. The van der Waals surface area contributed by atoms with Crippen LogP contribution in [0.15, 0.2) is 48.5 Å². The average Bonchev–Trinajstić information content (AvgIpc) is 2.57. The van der Waals surface area contributed by atoms with Crippen molar-refractivity contribution >= 4 is 29.1 Å². The van der Waals surface area contributed by atoms with Gasteiger partial charge in [-0.05, 0) is 42.0 Å². The fourth-order valence-corrected chi connectivity index (χ4v) is 2.28. The van der Waals surface area contributed by atoms with Crippen molar-refractivity contribution in [3.8, 4) is 5.75 Å². The third-order valence-corrected chi connectivity index (χ3v) is 3.70. The Morgan fingerprint density at radius 3 is 2.22 bits per heavy atom. The first-order chi connectivity index (χ1) is 12.6. The molecule has 2 amide bonds. The molecule has 0 saturated carbocycles. The molecule has 0 aliphatic heterocycles. The zero-order chi connectivity index (χ0) is 20.0. The maximum absolute atomic E-state index is 12.2. The predicted octanol–water partition coefficient (Wildman–Crippen LogP) is 3.88. The van der Waals surface area contributed by atoms with Gasteiger partial charge in [0.15, 0.2) is 0 Å². The van der Waals surface area contributed by atoms with Crippen molar-refractivity contribution in [1.29, 1.82) is 0 Å². The van der Waals surface area contributed by atoms with E-state index in [1.54, 1.807) is 24.3 Å². The van der Waals surface area contributed by atoms with Crippen LogP contribution in [0.5, 0.6) is 5.75 Å². The quantitative estimate of drug-likeness (QED) is 0.800. The van der Waals surface area contributed by atoms with Crippen molar-refractivity contribution < 1.29 is 27.5 Å². The maximum Gasteiger partial charge on any atom is 0.573 e. The number of anilines is 1. The second kappa shape index (κ2) is 8.77. The summed E-state index contributed by atoms with van der Waals surface area (Å²) in [4.78, 5) is 25.4. The molecule has 9 heteroatoms. The smallest absolute Gasteiger partial charge is 0.406 e. The van der Waals surface area contributed by atoms with Gasteiger partial charge in [0.05, 0.1) is 13.0 Å². The van der Waals surface area contributed by atoms with E-state index in [9.17, 15) is 22.8 Å². The van der Waals surface area contributed by atoms with Gasteiger partial charge in [0.25, 0.3) is 0 Å². The van der Waals surface area contributed by atoms with Gasteiger partial charge in [0, 0.05) is 17.8 Å². The largest absolute Gasteiger partial charge is 0.573 e. The molecule has 0 unspecified atom stereocenters.